The van der Waals surface area contributed by atoms with Gasteiger partial charge in [0, 0.05) is 33.8 Å². The summed E-state index contributed by atoms with van der Waals surface area (Å²) in [4.78, 5) is 18.4. The fourth-order valence-corrected chi connectivity index (χ4v) is 3.64. The lowest BCUT2D eigenvalue weighted by Crippen LogP contribution is -2.44. The van der Waals surface area contributed by atoms with Crippen molar-refractivity contribution in [3.63, 3.8) is 0 Å². The van der Waals surface area contributed by atoms with Crippen LogP contribution in [0.1, 0.15) is 48.3 Å². The molecule has 0 bridgehead atoms. The van der Waals surface area contributed by atoms with E-state index in [4.69, 9.17) is 0 Å². The summed E-state index contributed by atoms with van der Waals surface area (Å²) in [6, 6.07) is 16.2. The number of carbonyl (C=O) groups is 1. The number of nitrogens with zero attached hydrogens (tertiary/aromatic N) is 1. The Kier molecular flexibility index (Phi) is 2.89. The summed E-state index contributed by atoms with van der Waals surface area (Å²) in [5.41, 5.74) is 3.93. The first-order chi connectivity index (χ1) is 11.0. The first kappa shape index (κ1) is 14.1. The van der Waals surface area contributed by atoms with Gasteiger partial charge >= 0.3 is 0 Å². The van der Waals surface area contributed by atoms with E-state index in [1.165, 1.54) is 5.39 Å². The molecule has 3 nitrogen and oxygen atoms in total. The van der Waals surface area contributed by atoms with Crippen molar-refractivity contribution in [3.05, 3.63) is 71.4 Å². The zero-order chi connectivity index (χ0) is 16.2. The normalized spacial score (nSPS) is 17.8. The van der Waals surface area contributed by atoms with Crippen molar-refractivity contribution in [2.24, 2.45) is 0 Å². The van der Waals surface area contributed by atoms with E-state index >= 15 is 0 Å². The molecule has 116 valence electrons. The van der Waals surface area contributed by atoms with E-state index in [1.54, 1.807) is 0 Å². The van der Waals surface area contributed by atoms with Gasteiger partial charge < -0.3 is 9.88 Å². The molecule has 1 unspecified atom stereocenters. The molecule has 3 heteroatoms. The van der Waals surface area contributed by atoms with E-state index in [9.17, 15) is 4.79 Å². The third kappa shape index (κ3) is 2.00. The van der Waals surface area contributed by atoms with E-state index in [1.807, 2.05) is 41.4 Å². The topological polar surface area (TPSA) is 36.1 Å². The Bertz CT molecular complexity index is 901. The number of nitrogens with one attached hydrogen (secondary N) is 1. The quantitative estimate of drug-likeness (QED) is 0.705. The zero-order valence-electron chi connectivity index (χ0n) is 13.6. The Balaban J connectivity index is 1.99. The van der Waals surface area contributed by atoms with Crippen LogP contribution < -0.4 is 0 Å². The molecule has 0 saturated carbocycles. The van der Waals surface area contributed by atoms with Gasteiger partial charge in [-0.3, -0.25) is 4.79 Å². The summed E-state index contributed by atoms with van der Waals surface area (Å²) in [6.45, 7) is 6.29. The van der Waals surface area contributed by atoms with Gasteiger partial charge in [0.05, 0.1) is 6.04 Å². The van der Waals surface area contributed by atoms with Gasteiger partial charge in [-0.25, -0.2) is 0 Å². The molecule has 2 aromatic carbocycles. The smallest absolute Gasteiger partial charge is 0.255 e. The SMILES string of the molecule is CC(C)(C)N1C(=O)c2ccccc2C1c1c[nH]c2ccccc12. The van der Waals surface area contributed by atoms with Crippen molar-refractivity contribution >= 4 is 16.8 Å². The van der Waals surface area contributed by atoms with Crippen molar-refractivity contribution < 1.29 is 4.79 Å². The lowest BCUT2D eigenvalue weighted by atomic mass is 9.95. The van der Waals surface area contributed by atoms with Crippen LogP contribution in [0.5, 0.6) is 0 Å². The molecule has 1 amide bonds. The van der Waals surface area contributed by atoms with Crippen molar-refractivity contribution in [1.82, 2.24) is 9.88 Å². The maximum absolute atomic E-state index is 13.0. The molecule has 1 aliphatic rings. The van der Waals surface area contributed by atoms with Crippen molar-refractivity contribution in [1.29, 1.82) is 0 Å². The van der Waals surface area contributed by atoms with Gasteiger partial charge in [0.25, 0.3) is 5.91 Å². The predicted molar refractivity (Wildman–Crippen MR) is 92.5 cm³/mol. The number of hydrogen-bond acceptors (Lipinski definition) is 1. The lowest BCUT2D eigenvalue weighted by molar-refractivity contribution is 0.0553. The number of aromatic amines is 1. The molecular formula is C20H20N2O. The summed E-state index contributed by atoms with van der Waals surface area (Å²) in [5, 5.41) is 1.18. The second-order valence-electron chi connectivity index (χ2n) is 7.13. The Morgan fingerprint density at radius 3 is 2.43 bits per heavy atom. The molecular weight excluding hydrogens is 284 g/mol. The van der Waals surface area contributed by atoms with Crippen LogP contribution in [0.4, 0.5) is 0 Å². The number of aromatic nitrogens is 1. The molecule has 3 aromatic rings. The fraction of sp³-hybridized carbons (Fsp3) is 0.250. The van der Waals surface area contributed by atoms with Crippen LogP contribution >= 0.6 is 0 Å². The van der Waals surface area contributed by atoms with Crippen LogP contribution in [0.2, 0.25) is 0 Å². The average Bonchev–Trinajstić information content (AvgIpc) is 3.06. The average molecular weight is 304 g/mol. The van der Waals surface area contributed by atoms with Gasteiger partial charge in [-0.2, -0.15) is 0 Å². The van der Waals surface area contributed by atoms with Gasteiger partial charge in [0.2, 0.25) is 0 Å². The lowest BCUT2D eigenvalue weighted by Gasteiger charge is -2.37. The van der Waals surface area contributed by atoms with Crippen LogP contribution in [0.3, 0.4) is 0 Å². The van der Waals surface area contributed by atoms with Crippen LogP contribution in [0.15, 0.2) is 54.7 Å². The highest BCUT2D eigenvalue weighted by atomic mass is 16.2. The zero-order valence-corrected chi connectivity index (χ0v) is 13.6. The standard InChI is InChI=1S/C20H20N2O/c1-20(2,3)22-18(14-9-4-5-10-15(14)19(22)23)16-12-21-17-11-7-6-8-13(16)17/h4-12,18,21H,1-3H3. The Labute approximate surface area is 135 Å². The number of amides is 1. The molecule has 0 spiro atoms. The van der Waals surface area contributed by atoms with Crippen LogP contribution in [-0.4, -0.2) is 21.3 Å². The Morgan fingerprint density at radius 2 is 1.65 bits per heavy atom. The molecule has 4 rings (SSSR count). The number of hydrogen-bond donors (Lipinski definition) is 1. The predicted octanol–water partition coefficient (Wildman–Crippen LogP) is 4.51. The molecule has 1 aromatic heterocycles. The van der Waals surface area contributed by atoms with Gasteiger partial charge in [0.15, 0.2) is 0 Å². The summed E-state index contributed by atoms with van der Waals surface area (Å²) >= 11 is 0. The second-order valence-corrected chi connectivity index (χ2v) is 7.13. The summed E-state index contributed by atoms with van der Waals surface area (Å²) in [5.74, 6) is 0.114. The number of fused-ring (bicyclic) bond motifs is 2. The van der Waals surface area contributed by atoms with Gasteiger partial charge in [-0.15, -0.1) is 0 Å². The number of rotatable bonds is 1. The molecule has 1 aliphatic heterocycles. The summed E-state index contributed by atoms with van der Waals surface area (Å²) in [7, 11) is 0. The van der Waals surface area contributed by atoms with E-state index < -0.39 is 0 Å². The Morgan fingerprint density at radius 1 is 0.957 bits per heavy atom. The summed E-state index contributed by atoms with van der Waals surface area (Å²) in [6.07, 6.45) is 2.05. The number of para-hydroxylation sites is 1. The summed E-state index contributed by atoms with van der Waals surface area (Å²) < 4.78 is 0. The minimum atomic E-state index is -0.251. The van der Waals surface area contributed by atoms with Gasteiger partial charge in [-0.1, -0.05) is 36.4 Å². The van der Waals surface area contributed by atoms with Gasteiger partial charge in [-0.05, 0) is 38.5 Å². The number of H-pyrrole nitrogens is 1. The van der Waals surface area contributed by atoms with E-state index in [2.05, 4.69) is 44.0 Å². The third-order valence-electron chi connectivity index (χ3n) is 4.60. The highest BCUT2D eigenvalue weighted by molar-refractivity contribution is 6.01. The highest BCUT2D eigenvalue weighted by Gasteiger charge is 2.43. The minimum absolute atomic E-state index is 0.0464. The first-order valence-corrected chi connectivity index (χ1v) is 7.97. The van der Waals surface area contributed by atoms with Crippen LogP contribution in [0, 0.1) is 0 Å². The van der Waals surface area contributed by atoms with E-state index in [0.29, 0.717) is 0 Å². The van der Waals surface area contributed by atoms with Crippen LogP contribution in [0.25, 0.3) is 10.9 Å². The molecule has 0 fully saturated rings. The molecule has 1 atom stereocenters. The highest BCUT2D eigenvalue weighted by Crippen LogP contribution is 2.44. The van der Waals surface area contributed by atoms with E-state index in [-0.39, 0.29) is 17.5 Å². The molecule has 23 heavy (non-hydrogen) atoms. The van der Waals surface area contributed by atoms with Crippen molar-refractivity contribution in [2.75, 3.05) is 0 Å². The molecule has 0 radical (unpaired) electrons. The first-order valence-electron chi connectivity index (χ1n) is 7.97. The molecule has 1 N–H and O–H groups in total. The van der Waals surface area contributed by atoms with Gasteiger partial charge in [0.1, 0.15) is 0 Å². The molecule has 0 saturated heterocycles. The molecule has 0 aliphatic carbocycles. The number of benzene rings is 2. The Hall–Kier alpha value is -2.55. The van der Waals surface area contributed by atoms with Crippen molar-refractivity contribution in [3.8, 4) is 0 Å². The van der Waals surface area contributed by atoms with E-state index in [0.717, 1.165) is 22.2 Å². The molecule has 2 heterocycles. The maximum atomic E-state index is 13.0. The van der Waals surface area contributed by atoms with Crippen LogP contribution in [-0.2, 0) is 0 Å². The van der Waals surface area contributed by atoms with Crippen molar-refractivity contribution in [2.45, 2.75) is 32.4 Å². The number of carbonyl (C=O) groups excluding carboxylic acids is 1. The largest absolute Gasteiger partial charge is 0.361 e. The fourth-order valence-electron chi connectivity index (χ4n) is 3.64. The monoisotopic (exact) mass is 304 g/mol. The minimum Gasteiger partial charge on any atom is -0.361 e. The second kappa shape index (κ2) is 4.72. The third-order valence-corrected chi connectivity index (χ3v) is 4.60. The maximum Gasteiger partial charge on any atom is 0.255 e.